The van der Waals surface area contributed by atoms with Crippen molar-refractivity contribution < 1.29 is 14.3 Å². The summed E-state index contributed by atoms with van der Waals surface area (Å²) in [5, 5.41) is 5.37. The molecule has 1 N–H and O–H groups in total. The Morgan fingerprint density at radius 2 is 2.00 bits per heavy atom. The molecule has 7 heteroatoms. The van der Waals surface area contributed by atoms with Crippen molar-refractivity contribution in [1.82, 2.24) is 5.32 Å². The van der Waals surface area contributed by atoms with E-state index in [9.17, 15) is 9.59 Å². The topological polar surface area (TPSA) is 58.6 Å². The first-order chi connectivity index (χ1) is 14.1. The van der Waals surface area contributed by atoms with Crippen molar-refractivity contribution in [2.75, 3.05) is 11.4 Å². The maximum atomic E-state index is 13.1. The molecule has 1 aromatic heterocycles. The molecule has 0 saturated carbocycles. The third kappa shape index (κ3) is 4.50. The van der Waals surface area contributed by atoms with Gasteiger partial charge in [-0.25, -0.2) is 0 Å². The van der Waals surface area contributed by atoms with Gasteiger partial charge in [-0.05, 0) is 47.4 Å². The van der Waals surface area contributed by atoms with E-state index in [2.05, 4.69) is 5.32 Å². The van der Waals surface area contributed by atoms with Crippen LogP contribution in [0.3, 0.4) is 0 Å². The van der Waals surface area contributed by atoms with E-state index in [1.807, 2.05) is 29.6 Å². The van der Waals surface area contributed by atoms with E-state index < -0.39 is 0 Å². The number of fused-ring (bicyclic) bond motifs is 1. The van der Waals surface area contributed by atoms with Crippen LogP contribution in [0.25, 0.3) is 6.08 Å². The highest BCUT2D eigenvalue weighted by Crippen LogP contribution is 2.35. The maximum absolute atomic E-state index is 13.1. The molecular weight excluding hydrogens is 408 g/mol. The molecule has 2 amide bonds. The molecule has 0 spiro atoms. The van der Waals surface area contributed by atoms with Crippen molar-refractivity contribution in [1.29, 1.82) is 0 Å². The monoisotopic (exact) mass is 424 g/mol. The number of rotatable bonds is 5. The van der Waals surface area contributed by atoms with Gasteiger partial charge in [0.1, 0.15) is 6.54 Å². The molecule has 2 aromatic carbocycles. The summed E-state index contributed by atoms with van der Waals surface area (Å²) in [7, 11) is 0. The smallest absolute Gasteiger partial charge is 0.294 e. The minimum Gasteiger partial charge on any atom is -0.449 e. The summed E-state index contributed by atoms with van der Waals surface area (Å²) in [4.78, 5) is 28.0. The zero-order valence-corrected chi connectivity index (χ0v) is 16.9. The molecule has 1 aliphatic heterocycles. The predicted molar refractivity (Wildman–Crippen MR) is 115 cm³/mol. The summed E-state index contributed by atoms with van der Waals surface area (Å²) in [5.41, 5.74) is 1.30. The number of thiophene rings is 1. The van der Waals surface area contributed by atoms with Crippen LogP contribution in [-0.2, 0) is 16.1 Å². The number of carbonyl (C=O) groups is 2. The molecule has 0 bridgehead atoms. The molecular formula is C22H17ClN2O3S. The molecule has 3 aromatic rings. The lowest BCUT2D eigenvalue weighted by molar-refractivity contribution is -0.123. The van der Waals surface area contributed by atoms with Gasteiger partial charge in [-0.15, -0.1) is 11.3 Å². The van der Waals surface area contributed by atoms with Gasteiger partial charge in [-0.2, -0.15) is 0 Å². The predicted octanol–water partition coefficient (Wildman–Crippen LogP) is 4.48. The normalized spacial score (nSPS) is 14.4. The Kier molecular flexibility index (Phi) is 5.64. The molecule has 5 nitrogen and oxygen atoms in total. The fourth-order valence-corrected chi connectivity index (χ4v) is 3.81. The number of carbonyl (C=O) groups excluding carboxylic acids is 2. The highest BCUT2D eigenvalue weighted by molar-refractivity contribution is 7.09. The number of para-hydroxylation sites is 2. The molecule has 0 saturated heterocycles. The van der Waals surface area contributed by atoms with Crippen LogP contribution in [0.2, 0.25) is 5.02 Å². The van der Waals surface area contributed by atoms with Gasteiger partial charge in [0.25, 0.3) is 5.91 Å². The summed E-state index contributed by atoms with van der Waals surface area (Å²) in [5.74, 6) is 0.0315. The molecule has 0 fully saturated rings. The molecule has 146 valence electrons. The summed E-state index contributed by atoms with van der Waals surface area (Å²) in [6, 6.07) is 18.2. The summed E-state index contributed by atoms with van der Waals surface area (Å²) < 4.78 is 5.82. The van der Waals surface area contributed by atoms with E-state index in [0.717, 1.165) is 10.4 Å². The number of hydrogen-bond donors (Lipinski definition) is 1. The van der Waals surface area contributed by atoms with E-state index in [1.54, 1.807) is 53.8 Å². The van der Waals surface area contributed by atoms with Crippen molar-refractivity contribution in [3.63, 3.8) is 0 Å². The van der Waals surface area contributed by atoms with Crippen LogP contribution in [0.15, 0.2) is 71.8 Å². The van der Waals surface area contributed by atoms with Gasteiger partial charge in [0.05, 0.1) is 12.2 Å². The molecule has 1 aliphatic rings. The second-order valence-electron chi connectivity index (χ2n) is 6.38. The molecule has 0 atom stereocenters. The van der Waals surface area contributed by atoms with Crippen molar-refractivity contribution in [2.45, 2.75) is 6.54 Å². The molecule has 4 rings (SSSR count). The van der Waals surface area contributed by atoms with E-state index in [0.29, 0.717) is 23.0 Å². The van der Waals surface area contributed by atoms with Crippen LogP contribution < -0.4 is 15.0 Å². The van der Waals surface area contributed by atoms with Crippen LogP contribution in [0.5, 0.6) is 5.75 Å². The highest BCUT2D eigenvalue weighted by Gasteiger charge is 2.31. The lowest BCUT2D eigenvalue weighted by Crippen LogP contribution is -2.44. The molecule has 0 radical (unpaired) electrons. The van der Waals surface area contributed by atoms with E-state index in [1.165, 1.54) is 4.90 Å². The van der Waals surface area contributed by atoms with Crippen molar-refractivity contribution in [2.24, 2.45) is 0 Å². The average molecular weight is 425 g/mol. The minimum absolute atomic E-state index is 0.0997. The van der Waals surface area contributed by atoms with Gasteiger partial charge >= 0.3 is 0 Å². The van der Waals surface area contributed by atoms with Gasteiger partial charge < -0.3 is 10.1 Å². The fraction of sp³-hybridized carbons (Fsp3) is 0.0909. The SMILES string of the molecule is O=C(CN1C(=O)/C(=C\c2cccc(Cl)c2)Oc2ccccc21)NCc1cccs1. The molecule has 29 heavy (non-hydrogen) atoms. The van der Waals surface area contributed by atoms with Gasteiger partial charge in [0.15, 0.2) is 11.5 Å². The Bertz CT molecular complexity index is 1080. The minimum atomic E-state index is -0.380. The Labute approximate surface area is 177 Å². The number of benzene rings is 2. The first kappa shape index (κ1) is 19.2. The lowest BCUT2D eigenvalue weighted by atomic mass is 10.1. The Morgan fingerprint density at radius 3 is 2.79 bits per heavy atom. The van der Waals surface area contributed by atoms with Crippen LogP contribution in [-0.4, -0.2) is 18.4 Å². The van der Waals surface area contributed by atoms with Crippen molar-refractivity contribution in [3.05, 3.63) is 87.3 Å². The first-order valence-electron chi connectivity index (χ1n) is 8.95. The van der Waals surface area contributed by atoms with E-state index in [-0.39, 0.29) is 24.1 Å². The van der Waals surface area contributed by atoms with Crippen LogP contribution in [0.4, 0.5) is 5.69 Å². The van der Waals surface area contributed by atoms with E-state index in [4.69, 9.17) is 16.3 Å². The average Bonchev–Trinajstić information content (AvgIpc) is 3.23. The van der Waals surface area contributed by atoms with Crippen LogP contribution in [0, 0.1) is 0 Å². The maximum Gasteiger partial charge on any atom is 0.294 e. The zero-order chi connectivity index (χ0) is 20.2. The highest BCUT2D eigenvalue weighted by atomic mass is 35.5. The largest absolute Gasteiger partial charge is 0.449 e. The number of anilines is 1. The molecule has 0 unspecified atom stereocenters. The second-order valence-corrected chi connectivity index (χ2v) is 7.85. The van der Waals surface area contributed by atoms with Crippen molar-refractivity contribution in [3.8, 4) is 5.75 Å². The van der Waals surface area contributed by atoms with Crippen LogP contribution in [0.1, 0.15) is 10.4 Å². The van der Waals surface area contributed by atoms with Gasteiger partial charge in [-0.1, -0.05) is 41.9 Å². The third-order valence-corrected chi connectivity index (χ3v) is 5.43. The zero-order valence-electron chi connectivity index (χ0n) is 15.3. The number of halogens is 1. The van der Waals surface area contributed by atoms with E-state index >= 15 is 0 Å². The van der Waals surface area contributed by atoms with Gasteiger partial charge in [-0.3, -0.25) is 14.5 Å². The Hall–Kier alpha value is -3.09. The molecule has 0 aliphatic carbocycles. The molecule has 2 heterocycles. The second kappa shape index (κ2) is 8.51. The van der Waals surface area contributed by atoms with Gasteiger partial charge in [0.2, 0.25) is 5.91 Å². The Morgan fingerprint density at radius 1 is 1.14 bits per heavy atom. The number of nitrogens with one attached hydrogen (secondary N) is 1. The number of hydrogen-bond acceptors (Lipinski definition) is 4. The quantitative estimate of drug-likeness (QED) is 0.614. The van der Waals surface area contributed by atoms with Crippen LogP contribution >= 0.6 is 22.9 Å². The Balaban J connectivity index is 1.58. The number of amides is 2. The summed E-state index contributed by atoms with van der Waals surface area (Å²) in [6.07, 6.45) is 1.63. The van der Waals surface area contributed by atoms with Crippen molar-refractivity contribution >= 4 is 46.5 Å². The summed E-state index contributed by atoms with van der Waals surface area (Å²) >= 11 is 7.60. The number of ether oxygens (including phenoxy) is 1. The summed E-state index contributed by atoms with van der Waals surface area (Å²) in [6.45, 7) is 0.333. The third-order valence-electron chi connectivity index (χ3n) is 4.32. The standard InChI is InChI=1S/C22H17ClN2O3S/c23-16-6-3-5-15(11-16)12-20-22(27)25(18-8-1-2-9-19(18)28-20)14-21(26)24-13-17-7-4-10-29-17/h1-12H,13-14H2,(H,24,26)/b20-12+. The number of nitrogens with zero attached hydrogens (tertiary/aromatic N) is 1. The lowest BCUT2D eigenvalue weighted by Gasteiger charge is -2.30. The first-order valence-corrected chi connectivity index (χ1v) is 10.2. The fourth-order valence-electron chi connectivity index (χ4n) is 2.97. The van der Waals surface area contributed by atoms with Gasteiger partial charge in [0, 0.05) is 9.90 Å².